The van der Waals surface area contributed by atoms with Crippen LogP contribution < -0.4 is 10.6 Å². The van der Waals surface area contributed by atoms with Crippen molar-refractivity contribution in [2.75, 3.05) is 19.6 Å². The third-order valence-electron chi connectivity index (χ3n) is 4.60. The van der Waals surface area contributed by atoms with Crippen molar-refractivity contribution in [1.82, 2.24) is 10.6 Å². The van der Waals surface area contributed by atoms with Crippen LogP contribution >= 0.6 is 0 Å². The lowest BCUT2D eigenvalue weighted by Gasteiger charge is -2.21. The number of hydrogen-bond acceptors (Lipinski definition) is 2. The van der Waals surface area contributed by atoms with Crippen LogP contribution in [0, 0.1) is 17.8 Å². The second kappa shape index (κ2) is 6.02. The molecule has 0 radical (unpaired) electrons. The minimum Gasteiger partial charge on any atom is -0.316 e. The minimum atomic E-state index is 0.803. The Bertz CT molecular complexity index is 205. The van der Waals surface area contributed by atoms with E-state index in [0.29, 0.717) is 0 Å². The van der Waals surface area contributed by atoms with Gasteiger partial charge in [-0.3, -0.25) is 0 Å². The van der Waals surface area contributed by atoms with Crippen LogP contribution in [0.1, 0.15) is 46.0 Å². The Hall–Kier alpha value is -0.0800. The molecule has 2 N–H and O–H groups in total. The third kappa shape index (κ3) is 3.46. The van der Waals surface area contributed by atoms with Crippen molar-refractivity contribution in [1.29, 1.82) is 0 Å². The standard InChI is InChI=1S/C14H28N2/c1-11-4-3-5-14(7-6-11)16-10-13-9-15-8-12(13)2/h11-16H,3-10H2,1-2H3. The molecule has 1 saturated heterocycles. The van der Waals surface area contributed by atoms with Gasteiger partial charge in [0.1, 0.15) is 0 Å². The van der Waals surface area contributed by atoms with Gasteiger partial charge in [-0.1, -0.05) is 26.7 Å². The fraction of sp³-hybridized carbons (Fsp3) is 1.00. The highest BCUT2D eigenvalue weighted by Gasteiger charge is 2.24. The zero-order chi connectivity index (χ0) is 11.4. The van der Waals surface area contributed by atoms with Crippen molar-refractivity contribution in [2.24, 2.45) is 17.8 Å². The molecule has 0 aromatic carbocycles. The second-order valence-electron chi connectivity index (χ2n) is 6.11. The van der Waals surface area contributed by atoms with Crippen LogP contribution in [0.2, 0.25) is 0 Å². The fourth-order valence-electron chi connectivity index (χ4n) is 3.15. The van der Waals surface area contributed by atoms with Crippen LogP contribution in [-0.4, -0.2) is 25.7 Å². The van der Waals surface area contributed by atoms with Gasteiger partial charge in [0.2, 0.25) is 0 Å². The van der Waals surface area contributed by atoms with Gasteiger partial charge in [-0.05, 0) is 56.7 Å². The molecule has 1 aliphatic heterocycles. The molecule has 1 saturated carbocycles. The molecule has 2 nitrogen and oxygen atoms in total. The van der Waals surface area contributed by atoms with Crippen LogP contribution in [0.3, 0.4) is 0 Å². The van der Waals surface area contributed by atoms with E-state index in [0.717, 1.165) is 23.8 Å². The van der Waals surface area contributed by atoms with Gasteiger partial charge in [-0.2, -0.15) is 0 Å². The van der Waals surface area contributed by atoms with Crippen molar-refractivity contribution in [3.05, 3.63) is 0 Å². The van der Waals surface area contributed by atoms with E-state index in [1.54, 1.807) is 0 Å². The first-order valence-electron chi connectivity index (χ1n) is 7.20. The smallest absolute Gasteiger partial charge is 0.00672 e. The molecular weight excluding hydrogens is 196 g/mol. The van der Waals surface area contributed by atoms with E-state index in [4.69, 9.17) is 0 Å². The van der Waals surface area contributed by atoms with Gasteiger partial charge in [0, 0.05) is 6.04 Å². The van der Waals surface area contributed by atoms with E-state index in [-0.39, 0.29) is 0 Å². The van der Waals surface area contributed by atoms with Crippen molar-refractivity contribution < 1.29 is 0 Å². The van der Waals surface area contributed by atoms with Crippen LogP contribution in [-0.2, 0) is 0 Å². The van der Waals surface area contributed by atoms with Crippen molar-refractivity contribution in [3.63, 3.8) is 0 Å². The van der Waals surface area contributed by atoms with E-state index in [1.807, 2.05) is 0 Å². The molecule has 4 unspecified atom stereocenters. The van der Waals surface area contributed by atoms with E-state index < -0.39 is 0 Å². The molecule has 2 heteroatoms. The minimum absolute atomic E-state index is 0.803. The number of rotatable bonds is 3. The summed E-state index contributed by atoms with van der Waals surface area (Å²) in [5.41, 5.74) is 0. The van der Waals surface area contributed by atoms with E-state index >= 15 is 0 Å². The quantitative estimate of drug-likeness (QED) is 0.719. The van der Waals surface area contributed by atoms with Gasteiger partial charge in [-0.25, -0.2) is 0 Å². The van der Waals surface area contributed by atoms with Gasteiger partial charge in [0.15, 0.2) is 0 Å². The zero-order valence-corrected chi connectivity index (χ0v) is 11.0. The summed E-state index contributed by atoms with van der Waals surface area (Å²) in [6, 6.07) is 0.803. The Morgan fingerprint density at radius 2 is 1.94 bits per heavy atom. The van der Waals surface area contributed by atoms with Crippen molar-refractivity contribution in [3.8, 4) is 0 Å². The summed E-state index contributed by atoms with van der Waals surface area (Å²) in [5.74, 6) is 2.68. The first-order valence-corrected chi connectivity index (χ1v) is 7.20. The highest BCUT2D eigenvalue weighted by Crippen LogP contribution is 2.23. The monoisotopic (exact) mass is 224 g/mol. The van der Waals surface area contributed by atoms with Gasteiger partial charge in [0.05, 0.1) is 0 Å². The van der Waals surface area contributed by atoms with Crippen LogP contribution in [0.5, 0.6) is 0 Å². The number of hydrogen-bond donors (Lipinski definition) is 2. The van der Waals surface area contributed by atoms with Crippen molar-refractivity contribution >= 4 is 0 Å². The highest BCUT2D eigenvalue weighted by molar-refractivity contribution is 4.82. The molecule has 2 aliphatic rings. The molecule has 0 aromatic rings. The van der Waals surface area contributed by atoms with Crippen LogP contribution in [0.4, 0.5) is 0 Å². The normalized spacial score (nSPS) is 40.9. The van der Waals surface area contributed by atoms with E-state index in [2.05, 4.69) is 24.5 Å². The van der Waals surface area contributed by atoms with Crippen LogP contribution in [0.15, 0.2) is 0 Å². The average molecular weight is 224 g/mol. The Labute approximate surface area is 101 Å². The Balaban J connectivity index is 1.68. The first kappa shape index (κ1) is 12.4. The summed E-state index contributed by atoms with van der Waals surface area (Å²) >= 11 is 0. The Morgan fingerprint density at radius 1 is 1.06 bits per heavy atom. The molecule has 4 atom stereocenters. The summed E-state index contributed by atoms with van der Waals surface area (Å²) in [7, 11) is 0. The van der Waals surface area contributed by atoms with Gasteiger partial charge >= 0.3 is 0 Å². The summed E-state index contributed by atoms with van der Waals surface area (Å²) in [6.07, 6.45) is 7.10. The predicted molar refractivity (Wildman–Crippen MR) is 69.6 cm³/mol. The molecule has 0 aromatic heterocycles. The van der Waals surface area contributed by atoms with Gasteiger partial charge < -0.3 is 10.6 Å². The highest BCUT2D eigenvalue weighted by atomic mass is 15.0. The van der Waals surface area contributed by atoms with Gasteiger partial charge in [0.25, 0.3) is 0 Å². The van der Waals surface area contributed by atoms with Crippen LogP contribution in [0.25, 0.3) is 0 Å². The molecule has 0 amide bonds. The lowest BCUT2D eigenvalue weighted by molar-refractivity contribution is 0.368. The molecule has 2 rings (SSSR count). The molecule has 1 heterocycles. The Kier molecular flexibility index (Phi) is 4.66. The number of nitrogens with one attached hydrogen (secondary N) is 2. The maximum atomic E-state index is 3.81. The molecule has 2 fully saturated rings. The SMILES string of the molecule is CC1CCCC(NCC2CNCC2C)CC1. The predicted octanol–water partition coefficient (Wildman–Crippen LogP) is 2.40. The first-order chi connectivity index (χ1) is 7.75. The Morgan fingerprint density at radius 3 is 2.69 bits per heavy atom. The molecule has 0 spiro atoms. The summed E-state index contributed by atoms with van der Waals surface area (Å²) < 4.78 is 0. The molecule has 16 heavy (non-hydrogen) atoms. The third-order valence-corrected chi connectivity index (χ3v) is 4.60. The summed E-state index contributed by atoms with van der Waals surface area (Å²) in [6.45, 7) is 8.45. The van der Waals surface area contributed by atoms with Gasteiger partial charge in [-0.15, -0.1) is 0 Å². The topological polar surface area (TPSA) is 24.1 Å². The molecule has 1 aliphatic carbocycles. The maximum Gasteiger partial charge on any atom is 0.00672 e. The van der Waals surface area contributed by atoms with E-state index in [1.165, 1.54) is 51.7 Å². The summed E-state index contributed by atoms with van der Waals surface area (Å²) in [4.78, 5) is 0. The lowest BCUT2D eigenvalue weighted by Crippen LogP contribution is -2.35. The zero-order valence-electron chi connectivity index (χ0n) is 11.0. The molecule has 0 bridgehead atoms. The fourth-order valence-corrected chi connectivity index (χ4v) is 3.15. The van der Waals surface area contributed by atoms with E-state index in [9.17, 15) is 0 Å². The average Bonchev–Trinajstić information content (AvgIpc) is 2.55. The second-order valence-corrected chi connectivity index (χ2v) is 6.11. The molecular formula is C14H28N2. The largest absolute Gasteiger partial charge is 0.316 e. The lowest BCUT2D eigenvalue weighted by atomic mass is 9.97. The maximum absolute atomic E-state index is 3.81. The molecule has 94 valence electrons. The van der Waals surface area contributed by atoms with Crippen molar-refractivity contribution in [2.45, 2.75) is 52.0 Å². The summed E-state index contributed by atoms with van der Waals surface area (Å²) in [5, 5.41) is 7.30.